The maximum absolute atomic E-state index is 12.4. The lowest BCUT2D eigenvalue weighted by Gasteiger charge is -2.14. The van der Waals surface area contributed by atoms with Crippen molar-refractivity contribution in [1.82, 2.24) is 5.32 Å². The zero-order valence-corrected chi connectivity index (χ0v) is 10.5. The molecule has 0 aliphatic heterocycles. The average Bonchev–Trinajstić information content (AvgIpc) is 2.36. The third-order valence-corrected chi connectivity index (χ3v) is 2.43. The summed E-state index contributed by atoms with van der Waals surface area (Å²) in [6.45, 7) is 3.96. The highest BCUT2D eigenvalue weighted by Gasteiger charge is 2.14. The van der Waals surface area contributed by atoms with Crippen LogP contribution in [0.4, 0.5) is 14.5 Å². The first-order valence-electron chi connectivity index (χ1n) is 5.97. The second-order valence-corrected chi connectivity index (χ2v) is 4.10. The Balaban J connectivity index is 2.70. The maximum atomic E-state index is 12.4. The molecule has 0 radical (unpaired) electrons. The summed E-state index contributed by atoms with van der Waals surface area (Å²) >= 11 is 0. The molecule has 0 bridgehead atoms. The first-order chi connectivity index (χ1) is 8.54. The summed E-state index contributed by atoms with van der Waals surface area (Å²) in [5.41, 5.74) is 0.988. The Hall–Kier alpha value is -1.65. The Kier molecular flexibility index (Phi) is 5.55. The highest BCUT2D eigenvalue weighted by atomic mass is 19.3. The van der Waals surface area contributed by atoms with E-state index < -0.39 is 12.5 Å². The Morgan fingerprint density at radius 2 is 2.11 bits per heavy atom. The van der Waals surface area contributed by atoms with E-state index in [9.17, 15) is 13.6 Å². The first kappa shape index (κ1) is 14.4. The van der Waals surface area contributed by atoms with E-state index in [-0.39, 0.29) is 5.91 Å². The third-order valence-electron chi connectivity index (χ3n) is 2.43. The predicted molar refractivity (Wildman–Crippen MR) is 68.2 cm³/mol. The molecular formula is C13H18F2N2O. The van der Waals surface area contributed by atoms with Crippen molar-refractivity contribution in [3.63, 3.8) is 0 Å². The number of anilines is 1. The van der Waals surface area contributed by atoms with Crippen LogP contribution in [0, 0.1) is 0 Å². The number of hydrogen-bond donors (Lipinski definition) is 2. The highest BCUT2D eigenvalue weighted by molar-refractivity contribution is 5.95. The zero-order valence-electron chi connectivity index (χ0n) is 10.5. The van der Waals surface area contributed by atoms with E-state index in [1.807, 2.05) is 6.92 Å². The van der Waals surface area contributed by atoms with Gasteiger partial charge in [0.1, 0.15) is 0 Å². The number of rotatable bonds is 6. The Bertz CT molecular complexity index is 396. The lowest BCUT2D eigenvalue weighted by Crippen LogP contribution is -2.25. The minimum absolute atomic E-state index is 0.190. The largest absolute Gasteiger partial charge is 0.377 e. The Labute approximate surface area is 106 Å². The molecule has 0 spiro atoms. The molecule has 0 fully saturated rings. The minimum Gasteiger partial charge on any atom is -0.377 e. The van der Waals surface area contributed by atoms with Crippen molar-refractivity contribution in [2.24, 2.45) is 0 Å². The van der Waals surface area contributed by atoms with Crippen LogP contribution in [0.5, 0.6) is 0 Å². The summed E-state index contributed by atoms with van der Waals surface area (Å²) in [4.78, 5) is 11.7. The van der Waals surface area contributed by atoms with Gasteiger partial charge in [-0.25, -0.2) is 8.78 Å². The van der Waals surface area contributed by atoms with Crippen LogP contribution in [0.1, 0.15) is 30.6 Å². The molecule has 0 saturated heterocycles. The molecule has 2 N–H and O–H groups in total. The van der Waals surface area contributed by atoms with Gasteiger partial charge in [-0.2, -0.15) is 0 Å². The molecule has 5 heteroatoms. The molecule has 0 aliphatic rings. The van der Waals surface area contributed by atoms with Crippen LogP contribution in [-0.4, -0.2) is 24.9 Å². The standard InChI is InChI=1S/C13H18F2N2O/c1-3-7-16-13(18)10-5-4-6-11(8-10)17-9(2)12(14)15/h4-6,8-9,12,17H,3,7H2,1-2H3,(H,16,18). The van der Waals surface area contributed by atoms with Crippen molar-refractivity contribution in [2.75, 3.05) is 11.9 Å². The Morgan fingerprint density at radius 1 is 1.39 bits per heavy atom. The fourth-order valence-electron chi connectivity index (χ4n) is 1.42. The van der Waals surface area contributed by atoms with Gasteiger partial charge in [-0.05, 0) is 31.5 Å². The lowest BCUT2D eigenvalue weighted by atomic mass is 10.1. The van der Waals surface area contributed by atoms with E-state index in [0.717, 1.165) is 6.42 Å². The van der Waals surface area contributed by atoms with Crippen LogP contribution in [0.25, 0.3) is 0 Å². The topological polar surface area (TPSA) is 41.1 Å². The SMILES string of the molecule is CCCNC(=O)c1cccc(NC(C)C(F)F)c1. The molecular weight excluding hydrogens is 238 g/mol. The van der Waals surface area contributed by atoms with E-state index in [2.05, 4.69) is 10.6 Å². The fourth-order valence-corrected chi connectivity index (χ4v) is 1.42. The van der Waals surface area contributed by atoms with Gasteiger partial charge in [0.25, 0.3) is 12.3 Å². The van der Waals surface area contributed by atoms with Crippen molar-refractivity contribution in [3.8, 4) is 0 Å². The molecule has 3 nitrogen and oxygen atoms in total. The molecule has 1 amide bonds. The first-order valence-corrected chi connectivity index (χ1v) is 5.97. The van der Waals surface area contributed by atoms with Crippen LogP contribution in [0.2, 0.25) is 0 Å². The number of carbonyl (C=O) groups is 1. The number of alkyl halides is 2. The van der Waals surface area contributed by atoms with Gasteiger partial charge in [-0.1, -0.05) is 13.0 Å². The molecule has 1 unspecified atom stereocenters. The molecule has 1 atom stereocenters. The third kappa shape index (κ3) is 4.31. The van der Waals surface area contributed by atoms with Crippen molar-refractivity contribution in [1.29, 1.82) is 0 Å². The van der Waals surface area contributed by atoms with Crippen LogP contribution in [-0.2, 0) is 0 Å². The average molecular weight is 256 g/mol. The summed E-state index contributed by atoms with van der Waals surface area (Å²) in [5.74, 6) is -0.190. The minimum atomic E-state index is -2.44. The summed E-state index contributed by atoms with van der Waals surface area (Å²) in [7, 11) is 0. The van der Waals surface area contributed by atoms with E-state index in [4.69, 9.17) is 0 Å². The van der Waals surface area contributed by atoms with E-state index in [1.165, 1.54) is 6.92 Å². The second kappa shape index (κ2) is 6.93. The van der Waals surface area contributed by atoms with Crippen molar-refractivity contribution >= 4 is 11.6 Å². The van der Waals surface area contributed by atoms with Gasteiger partial charge in [0.15, 0.2) is 0 Å². The van der Waals surface area contributed by atoms with Gasteiger partial charge >= 0.3 is 0 Å². The van der Waals surface area contributed by atoms with Crippen LogP contribution in [0.15, 0.2) is 24.3 Å². The second-order valence-electron chi connectivity index (χ2n) is 4.10. The number of carbonyl (C=O) groups excluding carboxylic acids is 1. The molecule has 0 heterocycles. The van der Waals surface area contributed by atoms with Crippen LogP contribution >= 0.6 is 0 Å². The fraction of sp³-hybridized carbons (Fsp3) is 0.462. The molecule has 1 aromatic rings. The quantitative estimate of drug-likeness (QED) is 0.821. The van der Waals surface area contributed by atoms with E-state index in [0.29, 0.717) is 17.8 Å². The smallest absolute Gasteiger partial charge is 0.258 e. The molecule has 0 aliphatic carbocycles. The molecule has 18 heavy (non-hydrogen) atoms. The normalized spacial score (nSPS) is 12.3. The molecule has 0 saturated carbocycles. The van der Waals surface area contributed by atoms with Gasteiger partial charge < -0.3 is 10.6 Å². The summed E-state index contributed by atoms with van der Waals surface area (Å²) in [6, 6.07) is 5.61. The molecule has 1 aromatic carbocycles. The van der Waals surface area contributed by atoms with E-state index >= 15 is 0 Å². The monoisotopic (exact) mass is 256 g/mol. The van der Waals surface area contributed by atoms with Crippen LogP contribution in [0.3, 0.4) is 0 Å². The molecule has 0 aromatic heterocycles. The number of amides is 1. The van der Waals surface area contributed by atoms with Crippen molar-refractivity contribution in [3.05, 3.63) is 29.8 Å². The van der Waals surface area contributed by atoms with Gasteiger partial charge in [0, 0.05) is 17.8 Å². The van der Waals surface area contributed by atoms with Gasteiger partial charge in [0.05, 0.1) is 6.04 Å². The summed E-state index contributed by atoms with van der Waals surface area (Å²) in [5, 5.41) is 5.40. The summed E-state index contributed by atoms with van der Waals surface area (Å²) in [6.07, 6.45) is -1.59. The van der Waals surface area contributed by atoms with Gasteiger partial charge in [-0.3, -0.25) is 4.79 Å². The number of benzene rings is 1. The lowest BCUT2D eigenvalue weighted by molar-refractivity contribution is 0.0953. The number of halogens is 2. The number of hydrogen-bond acceptors (Lipinski definition) is 2. The van der Waals surface area contributed by atoms with Gasteiger partial charge in [0.2, 0.25) is 0 Å². The van der Waals surface area contributed by atoms with E-state index in [1.54, 1.807) is 24.3 Å². The molecule has 100 valence electrons. The predicted octanol–water partition coefficient (Wildman–Crippen LogP) is 2.89. The van der Waals surface area contributed by atoms with Crippen molar-refractivity contribution < 1.29 is 13.6 Å². The Morgan fingerprint density at radius 3 is 2.72 bits per heavy atom. The maximum Gasteiger partial charge on any atom is 0.258 e. The molecule has 1 rings (SSSR count). The van der Waals surface area contributed by atoms with Crippen molar-refractivity contribution in [2.45, 2.75) is 32.7 Å². The zero-order chi connectivity index (χ0) is 13.5. The van der Waals surface area contributed by atoms with Gasteiger partial charge in [-0.15, -0.1) is 0 Å². The number of nitrogens with one attached hydrogen (secondary N) is 2. The van der Waals surface area contributed by atoms with Crippen LogP contribution < -0.4 is 10.6 Å². The highest BCUT2D eigenvalue weighted by Crippen LogP contribution is 2.14. The summed E-state index contributed by atoms with van der Waals surface area (Å²) < 4.78 is 24.8.